The minimum Gasteiger partial charge on any atom is -0.493 e. The van der Waals surface area contributed by atoms with Gasteiger partial charge in [-0.05, 0) is 29.7 Å². The zero-order chi connectivity index (χ0) is 23.6. The number of ether oxygens (including phenoxy) is 2. The number of fused-ring (bicyclic) bond motifs is 1. The Morgan fingerprint density at radius 2 is 1.97 bits per heavy atom. The molecule has 32 heavy (non-hydrogen) atoms. The summed E-state index contributed by atoms with van der Waals surface area (Å²) in [6.45, 7) is 10.6. The quantitative estimate of drug-likeness (QED) is 0.360. The van der Waals surface area contributed by atoms with Crippen molar-refractivity contribution in [3.05, 3.63) is 61.6 Å². The SMILES string of the molecule is COc1cc(Cl)cc(C=Nn2c(C(C)C)nc3ccc(Br)cc3c2=O)c1OCC(C)(C)C. The lowest BCUT2D eigenvalue weighted by Crippen LogP contribution is -2.23. The second-order valence-electron chi connectivity index (χ2n) is 9.02. The van der Waals surface area contributed by atoms with E-state index in [-0.39, 0.29) is 16.9 Å². The molecule has 0 amide bonds. The molecule has 0 N–H and O–H groups in total. The van der Waals surface area contributed by atoms with Gasteiger partial charge < -0.3 is 9.47 Å². The van der Waals surface area contributed by atoms with Crippen molar-refractivity contribution in [2.24, 2.45) is 10.5 Å². The third-order valence-electron chi connectivity index (χ3n) is 4.58. The summed E-state index contributed by atoms with van der Waals surface area (Å²) in [7, 11) is 1.56. The number of rotatable bonds is 6. The summed E-state index contributed by atoms with van der Waals surface area (Å²) in [5.74, 6) is 1.57. The van der Waals surface area contributed by atoms with Gasteiger partial charge in [0.1, 0.15) is 5.82 Å². The summed E-state index contributed by atoms with van der Waals surface area (Å²) in [6, 6.07) is 8.86. The molecule has 0 saturated heterocycles. The predicted molar refractivity (Wildman–Crippen MR) is 134 cm³/mol. The van der Waals surface area contributed by atoms with Crippen molar-refractivity contribution < 1.29 is 9.47 Å². The highest BCUT2D eigenvalue weighted by Gasteiger charge is 2.18. The molecule has 0 aliphatic rings. The standard InChI is InChI=1S/C24H27BrClN3O3/c1-14(2)22-28-19-8-7-16(25)10-18(19)23(30)29(22)27-12-15-9-17(26)11-20(31-6)21(15)32-13-24(3,4)5/h7-12,14H,13H2,1-6H3. The Morgan fingerprint density at radius 1 is 1.25 bits per heavy atom. The molecule has 0 bridgehead atoms. The maximum Gasteiger partial charge on any atom is 0.282 e. The van der Waals surface area contributed by atoms with E-state index in [2.05, 4.69) is 46.8 Å². The second kappa shape index (κ2) is 9.63. The average Bonchev–Trinajstić information content (AvgIpc) is 2.71. The van der Waals surface area contributed by atoms with Crippen LogP contribution >= 0.6 is 27.5 Å². The molecule has 0 radical (unpaired) electrons. The van der Waals surface area contributed by atoms with Gasteiger partial charge in [-0.25, -0.2) is 4.98 Å². The largest absolute Gasteiger partial charge is 0.493 e. The Morgan fingerprint density at radius 3 is 2.59 bits per heavy atom. The lowest BCUT2D eigenvalue weighted by Gasteiger charge is -2.21. The van der Waals surface area contributed by atoms with E-state index in [1.807, 2.05) is 26.0 Å². The van der Waals surface area contributed by atoms with Crippen molar-refractivity contribution in [1.82, 2.24) is 9.66 Å². The van der Waals surface area contributed by atoms with E-state index >= 15 is 0 Å². The van der Waals surface area contributed by atoms with E-state index in [1.165, 1.54) is 4.68 Å². The fourth-order valence-electron chi connectivity index (χ4n) is 3.05. The molecule has 3 rings (SSSR count). The van der Waals surface area contributed by atoms with Crippen LogP contribution in [0.3, 0.4) is 0 Å². The number of nitrogens with zero attached hydrogens (tertiary/aromatic N) is 3. The molecular formula is C24H27BrClN3O3. The molecular weight excluding hydrogens is 494 g/mol. The summed E-state index contributed by atoms with van der Waals surface area (Å²) in [4.78, 5) is 17.9. The zero-order valence-corrected chi connectivity index (χ0v) is 21.4. The van der Waals surface area contributed by atoms with E-state index < -0.39 is 0 Å². The van der Waals surface area contributed by atoms with Gasteiger partial charge in [-0.1, -0.05) is 62.1 Å². The van der Waals surface area contributed by atoms with Crippen LogP contribution < -0.4 is 15.0 Å². The fourth-order valence-corrected chi connectivity index (χ4v) is 3.63. The van der Waals surface area contributed by atoms with Crippen LogP contribution in [-0.2, 0) is 0 Å². The van der Waals surface area contributed by atoms with E-state index in [1.54, 1.807) is 31.5 Å². The smallest absolute Gasteiger partial charge is 0.282 e. The van der Waals surface area contributed by atoms with Gasteiger partial charge in [-0.15, -0.1) is 0 Å². The van der Waals surface area contributed by atoms with Crippen LogP contribution in [0.5, 0.6) is 11.5 Å². The van der Waals surface area contributed by atoms with Crippen LogP contribution in [-0.4, -0.2) is 29.6 Å². The number of benzene rings is 2. The van der Waals surface area contributed by atoms with Gasteiger partial charge in [0.2, 0.25) is 0 Å². The van der Waals surface area contributed by atoms with Gasteiger partial charge >= 0.3 is 0 Å². The summed E-state index contributed by atoms with van der Waals surface area (Å²) in [6.07, 6.45) is 1.56. The number of hydrogen-bond acceptors (Lipinski definition) is 5. The topological polar surface area (TPSA) is 65.7 Å². The highest BCUT2D eigenvalue weighted by atomic mass is 79.9. The number of hydrogen-bond donors (Lipinski definition) is 0. The first-order chi connectivity index (χ1) is 15.0. The maximum atomic E-state index is 13.3. The van der Waals surface area contributed by atoms with Gasteiger partial charge in [0.05, 0.1) is 30.8 Å². The molecule has 0 spiro atoms. The molecule has 0 aliphatic carbocycles. The van der Waals surface area contributed by atoms with E-state index in [0.29, 0.717) is 45.4 Å². The molecule has 0 atom stereocenters. The molecule has 0 fully saturated rings. The Hall–Kier alpha value is -2.38. The highest BCUT2D eigenvalue weighted by molar-refractivity contribution is 9.10. The minimum absolute atomic E-state index is 0.0154. The Bertz CT molecular complexity index is 1230. The first-order valence-corrected chi connectivity index (χ1v) is 11.4. The van der Waals surface area contributed by atoms with Gasteiger partial charge in [0.25, 0.3) is 5.56 Å². The third kappa shape index (κ3) is 5.51. The molecule has 0 aliphatic heterocycles. The monoisotopic (exact) mass is 519 g/mol. The van der Waals surface area contributed by atoms with Crippen molar-refractivity contribution in [1.29, 1.82) is 0 Å². The van der Waals surface area contributed by atoms with Crippen LogP contribution in [0.4, 0.5) is 0 Å². The zero-order valence-electron chi connectivity index (χ0n) is 19.1. The van der Waals surface area contributed by atoms with Crippen LogP contribution in [0.1, 0.15) is 51.9 Å². The van der Waals surface area contributed by atoms with E-state index in [9.17, 15) is 4.79 Å². The van der Waals surface area contributed by atoms with Crippen LogP contribution in [0.2, 0.25) is 5.02 Å². The molecule has 0 saturated carbocycles. The van der Waals surface area contributed by atoms with Crippen LogP contribution in [0.15, 0.2) is 44.7 Å². The Kier molecular flexibility index (Phi) is 7.30. The number of aromatic nitrogens is 2. The maximum absolute atomic E-state index is 13.3. The fraction of sp³-hybridized carbons (Fsp3) is 0.375. The molecule has 6 nitrogen and oxygen atoms in total. The molecule has 0 unspecified atom stereocenters. The second-order valence-corrected chi connectivity index (χ2v) is 10.4. The summed E-state index contributed by atoms with van der Waals surface area (Å²) in [5.41, 5.74) is 0.931. The lowest BCUT2D eigenvalue weighted by atomic mass is 9.98. The summed E-state index contributed by atoms with van der Waals surface area (Å²) < 4.78 is 13.7. The summed E-state index contributed by atoms with van der Waals surface area (Å²) in [5, 5.41) is 5.46. The van der Waals surface area contributed by atoms with E-state index in [0.717, 1.165) is 4.47 Å². The molecule has 1 heterocycles. The molecule has 3 aromatic rings. The van der Waals surface area contributed by atoms with Crippen LogP contribution in [0.25, 0.3) is 10.9 Å². The third-order valence-corrected chi connectivity index (χ3v) is 5.29. The first kappa shape index (κ1) is 24.3. The highest BCUT2D eigenvalue weighted by Crippen LogP contribution is 2.35. The van der Waals surface area contributed by atoms with Crippen molar-refractivity contribution in [3.63, 3.8) is 0 Å². The van der Waals surface area contributed by atoms with Gasteiger partial charge in [-0.2, -0.15) is 9.78 Å². The van der Waals surface area contributed by atoms with Crippen molar-refractivity contribution in [2.45, 2.75) is 40.5 Å². The van der Waals surface area contributed by atoms with Gasteiger partial charge in [0, 0.05) is 27.0 Å². The van der Waals surface area contributed by atoms with Crippen molar-refractivity contribution in [3.8, 4) is 11.5 Å². The minimum atomic E-state index is -0.248. The Labute approximate surface area is 201 Å². The predicted octanol–water partition coefficient (Wildman–Crippen LogP) is 6.25. The Balaban J connectivity index is 2.16. The van der Waals surface area contributed by atoms with Crippen LogP contribution in [0, 0.1) is 5.41 Å². The van der Waals surface area contributed by atoms with Crippen molar-refractivity contribution in [2.75, 3.05) is 13.7 Å². The lowest BCUT2D eigenvalue weighted by molar-refractivity contribution is 0.191. The first-order valence-electron chi connectivity index (χ1n) is 10.3. The number of halogens is 2. The summed E-state index contributed by atoms with van der Waals surface area (Å²) >= 11 is 9.72. The molecule has 170 valence electrons. The van der Waals surface area contributed by atoms with E-state index in [4.69, 9.17) is 21.1 Å². The van der Waals surface area contributed by atoms with Gasteiger partial charge in [-0.3, -0.25) is 4.79 Å². The molecule has 8 heteroatoms. The molecule has 1 aromatic heterocycles. The number of methoxy groups -OCH3 is 1. The van der Waals surface area contributed by atoms with Crippen molar-refractivity contribution >= 4 is 44.6 Å². The normalized spacial score (nSPS) is 12.2. The average molecular weight is 521 g/mol. The molecule has 2 aromatic carbocycles. The van der Waals surface area contributed by atoms with Gasteiger partial charge in [0.15, 0.2) is 11.5 Å².